The molecule has 1 fully saturated rings. The third-order valence-corrected chi connectivity index (χ3v) is 3.66. The number of hydrogen-bond donors (Lipinski definition) is 0. The number of ether oxygens (including phenoxy) is 2. The van der Waals surface area contributed by atoms with Crippen LogP contribution in [0, 0.1) is 5.92 Å². The third kappa shape index (κ3) is 4.00. The van der Waals surface area contributed by atoms with E-state index in [-0.39, 0.29) is 18.5 Å². The standard InChI is InChI=1S/C16H19F3O3/c1-3-21-14(20)15(10-22-15)9-11(2)7-12-5-4-6-13(8-12)16(17,18)19/h4-6,8,11H,3,7,9-10H2,1-2H3. The van der Waals surface area contributed by atoms with Crippen LogP contribution in [0.3, 0.4) is 0 Å². The first-order chi connectivity index (χ1) is 10.3. The summed E-state index contributed by atoms with van der Waals surface area (Å²) in [6, 6.07) is 5.27. The lowest BCUT2D eigenvalue weighted by molar-refractivity contribution is -0.150. The normalized spacial score (nSPS) is 22.2. The number of carbonyl (C=O) groups is 1. The molecule has 22 heavy (non-hydrogen) atoms. The minimum absolute atomic E-state index is 0.00962. The van der Waals surface area contributed by atoms with Crippen LogP contribution in [0.15, 0.2) is 24.3 Å². The molecule has 6 heteroatoms. The van der Waals surface area contributed by atoms with Crippen molar-refractivity contribution in [3.8, 4) is 0 Å². The van der Waals surface area contributed by atoms with Crippen molar-refractivity contribution >= 4 is 5.97 Å². The van der Waals surface area contributed by atoms with Gasteiger partial charge in [-0.05, 0) is 37.3 Å². The Morgan fingerprint density at radius 1 is 1.45 bits per heavy atom. The molecule has 1 heterocycles. The number of carbonyl (C=O) groups excluding carboxylic acids is 1. The molecular weight excluding hydrogens is 297 g/mol. The molecule has 0 saturated carbocycles. The van der Waals surface area contributed by atoms with E-state index in [1.165, 1.54) is 6.07 Å². The number of esters is 1. The van der Waals surface area contributed by atoms with Gasteiger partial charge in [-0.2, -0.15) is 13.2 Å². The predicted molar refractivity (Wildman–Crippen MR) is 74.2 cm³/mol. The molecule has 1 aromatic rings. The smallest absolute Gasteiger partial charge is 0.416 e. The molecule has 0 radical (unpaired) electrons. The van der Waals surface area contributed by atoms with Gasteiger partial charge in [-0.15, -0.1) is 0 Å². The highest BCUT2D eigenvalue weighted by Crippen LogP contribution is 2.37. The lowest BCUT2D eigenvalue weighted by Gasteiger charge is -2.17. The Morgan fingerprint density at radius 2 is 2.14 bits per heavy atom. The Labute approximate surface area is 127 Å². The van der Waals surface area contributed by atoms with E-state index in [4.69, 9.17) is 9.47 Å². The second kappa shape index (κ2) is 6.28. The summed E-state index contributed by atoms with van der Waals surface area (Å²) < 4.78 is 48.3. The molecular formula is C16H19F3O3. The van der Waals surface area contributed by atoms with Crippen molar-refractivity contribution in [3.63, 3.8) is 0 Å². The summed E-state index contributed by atoms with van der Waals surface area (Å²) in [5, 5.41) is 0. The average Bonchev–Trinajstić information content (AvgIpc) is 3.19. The van der Waals surface area contributed by atoms with Crippen molar-refractivity contribution in [1.82, 2.24) is 0 Å². The zero-order valence-electron chi connectivity index (χ0n) is 12.6. The SMILES string of the molecule is CCOC(=O)C1(CC(C)Cc2cccc(C(F)(F)F)c2)CO1. The van der Waals surface area contributed by atoms with Crippen LogP contribution >= 0.6 is 0 Å². The minimum Gasteiger partial charge on any atom is -0.464 e. The van der Waals surface area contributed by atoms with Crippen LogP contribution < -0.4 is 0 Å². The van der Waals surface area contributed by atoms with E-state index < -0.39 is 17.3 Å². The molecule has 122 valence electrons. The molecule has 1 aromatic carbocycles. The van der Waals surface area contributed by atoms with Gasteiger partial charge in [-0.25, -0.2) is 4.79 Å². The third-order valence-electron chi connectivity index (χ3n) is 3.66. The quantitative estimate of drug-likeness (QED) is 0.594. The van der Waals surface area contributed by atoms with Crippen LogP contribution in [-0.2, 0) is 26.9 Å². The summed E-state index contributed by atoms with van der Waals surface area (Å²) in [6.45, 7) is 4.22. The maximum absolute atomic E-state index is 12.7. The topological polar surface area (TPSA) is 38.8 Å². The van der Waals surface area contributed by atoms with Gasteiger partial charge in [-0.1, -0.05) is 25.1 Å². The molecule has 2 rings (SSSR count). The average molecular weight is 316 g/mol. The van der Waals surface area contributed by atoms with Crippen LogP contribution in [0.25, 0.3) is 0 Å². The van der Waals surface area contributed by atoms with E-state index in [0.717, 1.165) is 12.1 Å². The molecule has 3 nitrogen and oxygen atoms in total. The maximum atomic E-state index is 12.7. The van der Waals surface area contributed by atoms with Crippen LogP contribution in [0.4, 0.5) is 13.2 Å². The van der Waals surface area contributed by atoms with Crippen molar-refractivity contribution in [2.24, 2.45) is 5.92 Å². The first-order valence-corrected chi connectivity index (χ1v) is 7.24. The number of hydrogen-bond acceptors (Lipinski definition) is 3. The molecule has 1 aliphatic rings. The highest BCUT2D eigenvalue weighted by molar-refractivity contribution is 5.82. The number of halogens is 3. The molecule has 0 amide bonds. The summed E-state index contributed by atoms with van der Waals surface area (Å²) in [6.07, 6.45) is -3.44. The molecule has 0 N–H and O–H groups in total. The van der Waals surface area contributed by atoms with Crippen molar-refractivity contribution < 1.29 is 27.4 Å². The Morgan fingerprint density at radius 3 is 2.68 bits per heavy atom. The van der Waals surface area contributed by atoms with E-state index in [9.17, 15) is 18.0 Å². The minimum atomic E-state index is -4.34. The molecule has 1 aliphatic heterocycles. The fraction of sp³-hybridized carbons (Fsp3) is 0.562. The predicted octanol–water partition coefficient (Wildman–Crippen LogP) is 3.61. The van der Waals surface area contributed by atoms with Gasteiger partial charge in [0, 0.05) is 0 Å². The monoisotopic (exact) mass is 316 g/mol. The summed E-state index contributed by atoms with van der Waals surface area (Å²) in [5.74, 6) is -0.374. The van der Waals surface area contributed by atoms with Gasteiger partial charge in [0.15, 0.2) is 5.60 Å². The molecule has 0 aliphatic carbocycles. The Kier molecular flexibility index (Phi) is 4.80. The van der Waals surface area contributed by atoms with E-state index in [2.05, 4.69) is 0 Å². The van der Waals surface area contributed by atoms with Gasteiger partial charge in [0.25, 0.3) is 0 Å². The molecule has 0 aromatic heterocycles. The highest BCUT2D eigenvalue weighted by Gasteiger charge is 2.54. The number of epoxide rings is 1. The summed E-state index contributed by atoms with van der Waals surface area (Å²) in [7, 11) is 0. The molecule has 0 spiro atoms. The highest BCUT2D eigenvalue weighted by atomic mass is 19.4. The van der Waals surface area contributed by atoms with Gasteiger partial charge in [0.1, 0.15) is 0 Å². The Balaban J connectivity index is 1.98. The van der Waals surface area contributed by atoms with E-state index in [1.807, 2.05) is 6.92 Å². The van der Waals surface area contributed by atoms with Crippen molar-refractivity contribution in [1.29, 1.82) is 0 Å². The number of rotatable bonds is 6. The molecule has 2 unspecified atom stereocenters. The van der Waals surface area contributed by atoms with Gasteiger partial charge >= 0.3 is 12.1 Å². The number of benzene rings is 1. The molecule has 2 atom stereocenters. The van der Waals surface area contributed by atoms with Gasteiger partial charge < -0.3 is 9.47 Å². The van der Waals surface area contributed by atoms with Crippen LogP contribution in [0.2, 0.25) is 0 Å². The van der Waals surface area contributed by atoms with Crippen molar-refractivity contribution in [2.75, 3.05) is 13.2 Å². The Bertz CT molecular complexity index is 536. The van der Waals surface area contributed by atoms with Crippen molar-refractivity contribution in [2.45, 2.75) is 38.5 Å². The maximum Gasteiger partial charge on any atom is 0.416 e. The Hall–Kier alpha value is -1.56. The fourth-order valence-electron chi connectivity index (χ4n) is 2.58. The van der Waals surface area contributed by atoms with Crippen molar-refractivity contribution in [3.05, 3.63) is 35.4 Å². The zero-order valence-corrected chi connectivity index (χ0v) is 12.6. The van der Waals surface area contributed by atoms with E-state index in [0.29, 0.717) is 25.0 Å². The number of alkyl halides is 3. The largest absolute Gasteiger partial charge is 0.464 e. The molecule has 0 bridgehead atoms. The van der Waals surface area contributed by atoms with E-state index in [1.54, 1.807) is 13.0 Å². The second-order valence-electron chi connectivity index (χ2n) is 5.71. The second-order valence-corrected chi connectivity index (χ2v) is 5.71. The lowest BCUT2D eigenvalue weighted by Crippen LogP contribution is -2.29. The van der Waals surface area contributed by atoms with E-state index >= 15 is 0 Å². The zero-order chi connectivity index (χ0) is 16.4. The lowest BCUT2D eigenvalue weighted by atomic mass is 9.90. The summed E-state index contributed by atoms with van der Waals surface area (Å²) >= 11 is 0. The van der Waals surface area contributed by atoms with Gasteiger partial charge in [0.2, 0.25) is 0 Å². The molecule has 1 saturated heterocycles. The van der Waals surface area contributed by atoms with Crippen LogP contribution in [0.1, 0.15) is 31.4 Å². The summed E-state index contributed by atoms with van der Waals surface area (Å²) in [5.41, 5.74) is -0.946. The van der Waals surface area contributed by atoms with Gasteiger partial charge in [0.05, 0.1) is 18.8 Å². The van der Waals surface area contributed by atoms with Gasteiger partial charge in [-0.3, -0.25) is 0 Å². The fourth-order valence-corrected chi connectivity index (χ4v) is 2.58. The van der Waals surface area contributed by atoms with Crippen LogP contribution in [-0.4, -0.2) is 24.8 Å². The first-order valence-electron chi connectivity index (χ1n) is 7.24. The summed E-state index contributed by atoms with van der Waals surface area (Å²) in [4.78, 5) is 11.8. The first kappa shape index (κ1) is 16.8. The van der Waals surface area contributed by atoms with Crippen LogP contribution in [0.5, 0.6) is 0 Å².